The van der Waals surface area contributed by atoms with Gasteiger partial charge in [0.2, 0.25) is 0 Å². The number of nitro benzene ring substituents is 1. The number of hydrogen-bond donors (Lipinski definition) is 2. The molecule has 0 saturated heterocycles. The van der Waals surface area contributed by atoms with E-state index >= 15 is 0 Å². The number of nitro groups is 1. The van der Waals surface area contributed by atoms with Crippen LogP contribution in [0.4, 0.5) is 5.69 Å². The Kier molecular flexibility index (Phi) is 4.02. The summed E-state index contributed by atoms with van der Waals surface area (Å²) in [6.45, 7) is 0. The summed E-state index contributed by atoms with van der Waals surface area (Å²) in [5.74, 6) is -0.892. The van der Waals surface area contributed by atoms with Gasteiger partial charge < -0.3 is 14.8 Å². The monoisotopic (exact) mass is 367 g/mol. The predicted octanol–water partition coefficient (Wildman–Crippen LogP) is 4.13. The van der Waals surface area contributed by atoms with Crippen molar-refractivity contribution in [2.75, 3.05) is 0 Å². The molecule has 8 nitrogen and oxygen atoms in total. The Hall–Kier alpha value is -3.42. The van der Waals surface area contributed by atoms with E-state index in [1.165, 1.54) is 18.2 Å². The molecule has 1 heterocycles. The number of fused-ring (bicyclic) bond motifs is 1. The van der Waals surface area contributed by atoms with E-state index in [1.54, 1.807) is 18.2 Å². The van der Waals surface area contributed by atoms with Gasteiger partial charge in [0.1, 0.15) is 5.82 Å². The van der Waals surface area contributed by atoms with E-state index in [-0.39, 0.29) is 17.3 Å². The van der Waals surface area contributed by atoms with Crippen LogP contribution in [0.15, 0.2) is 36.4 Å². The standard InChI is InChI=1S/C19H17N3O5/c23-17-8-6-11(10-16(17)22(26)27)18-20-14-9-12(19(24)25)5-7-15(14)21(18)13-3-1-2-4-13/h5-10,13,23H,1-4H2,(H,24,25). The van der Waals surface area contributed by atoms with Gasteiger partial charge in [0.15, 0.2) is 5.75 Å². The Morgan fingerprint density at radius 3 is 2.59 bits per heavy atom. The average molecular weight is 367 g/mol. The van der Waals surface area contributed by atoms with Crippen molar-refractivity contribution in [1.82, 2.24) is 9.55 Å². The van der Waals surface area contributed by atoms with Gasteiger partial charge in [-0.2, -0.15) is 0 Å². The lowest BCUT2D eigenvalue weighted by molar-refractivity contribution is -0.385. The quantitative estimate of drug-likeness (QED) is 0.529. The van der Waals surface area contributed by atoms with Crippen LogP contribution in [0.5, 0.6) is 5.75 Å². The lowest BCUT2D eigenvalue weighted by atomic mass is 10.1. The van der Waals surface area contributed by atoms with Crippen molar-refractivity contribution in [1.29, 1.82) is 0 Å². The zero-order valence-electron chi connectivity index (χ0n) is 14.3. The minimum Gasteiger partial charge on any atom is -0.502 e. The first-order valence-corrected chi connectivity index (χ1v) is 8.69. The molecule has 0 bridgehead atoms. The first-order valence-electron chi connectivity index (χ1n) is 8.69. The molecule has 1 aromatic heterocycles. The normalized spacial score (nSPS) is 14.7. The molecule has 0 radical (unpaired) electrons. The molecule has 2 aromatic carbocycles. The molecular weight excluding hydrogens is 350 g/mol. The van der Waals surface area contributed by atoms with Crippen LogP contribution in [0, 0.1) is 10.1 Å². The molecule has 27 heavy (non-hydrogen) atoms. The van der Waals surface area contributed by atoms with Crippen molar-refractivity contribution in [2.45, 2.75) is 31.7 Å². The Bertz CT molecular complexity index is 1070. The molecule has 2 N–H and O–H groups in total. The molecule has 1 aliphatic rings. The topological polar surface area (TPSA) is 118 Å². The number of aromatic nitrogens is 2. The van der Waals surface area contributed by atoms with Crippen LogP contribution in [0.2, 0.25) is 0 Å². The molecule has 0 atom stereocenters. The minimum absolute atomic E-state index is 0.141. The van der Waals surface area contributed by atoms with E-state index in [1.807, 2.05) is 4.57 Å². The first-order chi connectivity index (χ1) is 13.0. The van der Waals surface area contributed by atoms with Gasteiger partial charge in [-0.05, 0) is 43.2 Å². The number of hydrogen-bond acceptors (Lipinski definition) is 5. The fourth-order valence-corrected chi connectivity index (χ4v) is 3.78. The molecule has 1 aliphatic carbocycles. The second kappa shape index (κ2) is 6.39. The maximum absolute atomic E-state index is 11.3. The van der Waals surface area contributed by atoms with Crippen LogP contribution in [-0.4, -0.2) is 30.7 Å². The van der Waals surface area contributed by atoms with Gasteiger partial charge in [0, 0.05) is 17.7 Å². The van der Waals surface area contributed by atoms with Crippen LogP contribution < -0.4 is 0 Å². The van der Waals surface area contributed by atoms with E-state index in [0.29, 0.717) is 16.9 Å². The van der Waals surface area contributed by atoms with Crippen molar-refractivity contribution in [2.24, 2.45) is 0 Å². The third-order valence-corrected chi connectivity index (χ3v) is 5.06. The van der Waals surface area contributed by atoms with E-state index in [2.05, 4.69) is 4.98 Å². The number of imidazole rings is 1. The fourth-order valence-electron chi connectivity index (χ4n) is 3.78. The van der Waals surface area contributed by atoms with Crippen molar-refractivity contribution >= 4 is 22.7 Å². The SMILES string of the molecule is O=C(O)c1ccc2c(c1)nc(-c1ccc(O)c([N+](=O)[O-])c1)n2C1CCCC1. The Labute approximate surface area is 153 Å². The molecule has 1 saturated carbocycles. The van der Waals surface area contributed by atoms with Crippen LogP contribution in [0.25, 0.3) is 22.4 Å². The second-order valence-corrected chi connectivity index (χ2v) is 6.71. The predicted molar refractivity (Wildman–Crippen MR) is 98.0 cm³/mol. The number of carboxylic acid groups (broad SMARTS) is 1. The first kappa shape index (κ1) is 17.0. The molecule has 0 amide bonds. The summed E-state index contributed by atoms with van der Waals surface area (Å²) < 4.78 is 2.05. The van der Waals surface area contributed by atoms with E-state index in [9.17, 15) is 25.1 Å². The van der Waals surface area contributed by atoms with E-state index < -0.39 is 16.6 Å². The highest BCUT2D eigenvalue weighted by molar-refractivity contribution is 5.93. The Morgan fingerprint density at radius 1 is 1.19 bits per heavy atom. The van der Waals surface area contributed by atoms with Crippen LogP contribution in [0.3, 0.4) is 0 Å². The summed E-state index contributed by atoms with van der Waals surface area (Å²) in [4.78, 5) is 26.4. The molecule has 3 aromatic rings. The average Bonchev–Trinajstić information content (AvgIpc) is 3.28. The summed E-state index contributed by atoms with van der Waals surface area (Å²) in [5, 5.41) is 30.2. The smallest absolute Gasteiger partial charge is 0.335 e. The van der Waals surface area contributed by atoms with Gasteiger partial charge in [-0.3, -0.25) is 10.1 Å². The number of carbonyl (C=O) groups is 1. The number of rotatable bonds is 4. The second-order valence-electron chi connectivity index (χ2n) is 6.71. The van der Waals surface area contributed by atoms with Gasteiger partial charge in [-0.1, -0.05) is 12.8 Å². The molecule has 4 rings (SSSR count). The van der Waals surface area contributed by atoms with E-state index in [0.717, 1.165) is 31.2 Å². The third kappa shape index (κ3) is 2.88. The number of aromatic hydroxyl groups is 1. The van der Waals surface area contributed by atoms with Gasteiger partial charge in [-0.25, -0.2) is 9.78 Å². The van der Waals surface area contributed by atoms with Crippen molar-refractivity contribution < 1.29 is 19.9 Å². The molecular formula is C19H17N3O5. The lowest BCUT2D eigenvalue weighted by Gasteiger charge is -2.16. The van der Waals surface area contributed by atoms with Gasteiger partial charge in [0.05, 0.1) is 21.5 Å². The van der Waals surface area contributed by atoms with Crippen molar-refractivity contribution in [3.63, 3.8) is 0 Å². The Balaban J connectivity index is 1.96. The molecule has 0 aliphatic heterocycles. The van der Waals surface area contributed by atoms with Gasteiger partial charge >= 0.3 is 11.7 Å². The van der Waals surface area contributed by atoms with E-state index in [4.69, 9.17) is 0 Å². The molecule has 8 heteroatoms. The number of nitrogens with zero attached hydrogens (tertiary/aromatic N) is 3. The summed E-state index contributed by atoms with van der Waals surface area (Å²) in [6.07, 6.45) is 4.12. The van der Waals surface area contributed by atoms with Gasteiger partial charge in [-0.15, -0.1) is 0 Å². The number of carboxylic acids is 1. The van der Waals surface area contributed by atoms with Gasteiger partial charge in [0.25, 0.3) is 0 Å². The molecule has 0 spiro atoms. The van der Waals surface area contributed by atoms with Crippen LogP contribution >= 0.6 is 0 Å². The molecule has 138 valence electrons. The summed E-state index contributed by atoms with van der Waals surface area (Å²) >= 11 is 0. The summed E-state index contributed by atoms with van der Waals surface area (Å²) in [7, 11) is 0. The summed E-state index contributed by atoms with van der Waals surface area (Å²) in [5.41, 5.74) is 1.61. The lowest BCUT2D eigenvalue weighted by Crippen LogP contribution is -2.07. The van der Waals surface area contributed by atoms with Crippen molar-refractivity contribution in [3.05, 3.63) is 52.1 Å². The number of benzene rings is 2. The van der Waals surface area contributed by atoms with Crippen LogP contribution in [0.1, 0.15) is 42.1 Å². The Morgan fingerprint density at radius 2 is 1.93 bits per heavy atom. The highest BCUT2D eigenvalue weighted by Gasteiger charge is 2.25. The minimum atomic E-state index is -1.03. The highest BCUT2D eigenvalue weighted by atomic mass is 16.6. The fraction of sp³-hybridized carbons (Fsp3) is 0.263. The number of phenolic OH excluding ortho intramolecular Hbond substituents is 1. The third-order valence-electron chi connectivity index (χ3n) is 5.06. The maximum atomic E-state index is 11.3. The zero-order chi connectivity index (χ0) is 19.1. The molecule has 0 unspecified atom stereocenters. The largest absolute Gasteiger partial charge is 0.502 e. The zero-order valence-corrected chi connectivity index (χ0v) is 14.3. The number of aromatic carboxylic acids is 1. The summed E-state index contributed by atoms with van der Waals surface area (Å²) in [6, 6.07) is 9.18. The highest BCUT2D eigenvalue weighted by Crippen LogP contribution is 2.39. The van der Waals surface area contributed by atoms with Crippen LogP contribution in [-0.2, 0) is 0 Å². The molecule has 1 fully saturated rings. The number of phenols is 1. The van der Waals surface area contributed by atoms with Crippen molar-refractivity contribution in [3.8, 4) is 17.1 Å². The maximum Gasteiger partial charge on any atom is 0.335 e.